The highest BCUT2D eigenvalue weighted by Crippen LogP contribution is 2.35. The molecule has 1 aliphatic heterocycles. The number of aromatic nitrogens is 3. The first kappa shape index (κ1) is 14.9. The summed E-state index contributed by atoms with van der Waals surface area (Å²) in [4.78, 5) is 21.7. The van der Waals surface area contributed by atoms with Crippen molar-refractivity contribution < 1.29 is 4.79 Å². The van der Waals surface area contributed by atoms with Crippen LogP contribution in [0, 0.1) is 6.92 Å². The summed E-state index contributed by atoms with van der Waals surface area (Å²) in [5, 5.41) is 7.17. The summed E-state index contributed by atoms with van der Waals surface area (Å²) in [6.07, 6.45) is 8.05. The van der Waals surface area contributed by atoms with Gasteiger partial charge in [-0.25, -0.2) is 4.98 Å². The second-order valence-corrected chi connectivity index (χ2v) is 7.69. The van der Waals surface area contributed by atoms with Gasteiger partial charge in [0.1, 0.15) is 5.82 Å². The van der Waals surface area contributed by atoms with E-state index in [1.165, 1.54) is 29.7 Å². The van der Waals surface area contributed by atoms with E-state index in [2.05, 4.69) is 21.2 Å². The lowest BCUT2D eigenvalue weighted by molar-refractivity contribution is 0.0735. The molecule has 6 heteroatoms. The highest BCUT2D eigenvalue weighted by molar-refractivity contribution is 7.14. The first-order valence-electron chi connectivity index (χ1n) is 8.54. The number of likely N-dealkylation sites (tertiary alicyclic amines) is 1. The molecule has 0 aromatic carbocycles. The van der Waals surface area contributed by atoms with Gasteiger partial charge in [0.15, 0.2) is 5.82 Å². The molecule has 3 heterocycles. The van der Waals surface area contributed by atoms with Crippen LogP contribution in [-0.4, -0.2) is 32.5 Å². The number of fused-ring (bicyclic) bond motifs is 1. The number of aryl methyl sites for hydroxylation is 3. The molecule has 0 spiro atoms. The molecular weight excluding hydrogens is 308 g/mol. The van der Waals surface area contributed by atoms with Gasteiger partial charge in [-0.1, -0.05) is 6.42 Å². The van der Waals surface area contributed by atoms with Gasteiger partial charge in [0.25, 0.3) is 5.91 Å². The molecule has 1 N–H and O–H groups in total. The number of carbonyl (C=O) groups excluding carboxylic acids is 1. The van der Waals surface area contributed by atoms with E-state index < -0.39 is 0 Å². The lowest BCUT2D eigenvalue weighted by atomic mass is 10.1. The van der Waals surface area contributed by atoms with Crippen LogP contribution in [-0.2, 0) is 12.8 Å². The number of amides is 1. The zero-order valence-electron chi connectivity index (χ0n) is 13.5. The molecule has 122 valence electrons. The van der Waals surface area contributed by atoms with E-state index in [1.807, 2.05) is 11.8 Å². The van der Waals surface area contributed by atoms with Crippen molar-refractivity contribution in [3.05, 3.63) is 33.0 Å². The monoisotopic (exact) mass is 330 g/mol. The molecule has 5 nitrogen and oxygen atoms in total. The van der Waals surface area contributed by atoms with Crippen LogP contribution in [0.1, 0.15) is 69.9 Å². The van der Waals surface area contributed by atoms with Crippen molar-refractivity contribution in [2.45, 2.75) is 57.9 Å². The molecule has 2 aromatic heterocycles. The molecule has 0 saturated carbocycles. The molecule has 0 bridgehead atoms. The lowest BCUT2D eigenvalue weighted by Crippen LogP contribution is -2.30. The van der Waals surface area contributed by atoms with Crippen LogP contribution in [0.4, 0.5) is 0 Å². The number of rotatable bonds is 2. The largest absolute Gasteiger partial charge is 0.328 e. The Kier molecular flexibility index (Phi) is 3.93. The highest BCUT2D eigenvalue weighted by Gasteiger charge is 2.34. The van der Waals surface area contributed by atoms with Crippen LogP contribution in [0.15, 0.2) is 6.07 Å². The standard InChI is InChI=1S/C17H22N4OS/c1-11-18-16(20-19-11)13-7-5-9-21(13)17(22)15-10-12-6-3-2-4-8-14(12)23-15/h10,13H,2-9H2,1H3,(H,18,19,20). The Morgan fingerprint density at radius 2 is 2.17 bits per heavy atom. The Hall–Kier alpha value is -1.69. The normalized spacial score (nSPS) is 21.3. The van der Waals surface area contributed by atoms with Gasteiger partial charge in [-0.3, -0.25) is 9.89 Å². The molecule has 2 aliphatic rings. The third-order valence-electron chi connectivity index (χ3n) is 4.88. The quantitative estimate of drug-likeness (QED) is 0.858. The highest BCUT2D eigenvalue weighted by atomic mass is 32.1. The SMILES string of the molecule is Cc1nc(C2CCCN2C(=O)c2cc3c(s2)CCCCC3)n[nH]1. The van der Waals surface area contributed by atoms with Gasteiger partial charge in [-0.15, -0.1) is 11.3 Å². The van der Waals surface area contributed by atoms with Crippen molar-refractivity contribution in [3.8, 4) is 0 Å². The summed E-state index contributed by atoms with van der Waals surface area (Å²) in [7, 11) is 0. The van der Waals surface area contributed by atoms with Crippen LogP contribution >= 0.6 is 11.3 Å². The van der Waals surface area contributed by atoms with E-state index in [-0.39, 0.29) is 11.9 Å². The number of thiophene rings is 1. The maximum absolute atomic E-state index is 13.0. The van der Waals surface area contributed by atoms with E-state index in [0.717, 1.165) is 48.8 Å². The summed E-state index contributed by atoms with van der Waals surface area (Å²) in [5.41, 5.74) is 1.40. The summed E-state index contributed by atoms with van der Waals surface area (Å²) < 4.78 is 0. The fourth-order valence-corrected chi connectivity index (χ4v) is 4.91. The van der Waals surface area contributed by atoms with Crippen molar-refractivity contribution in [3.63, 3.8) is 0 Å². The molecule has 1 atom stereocenters. The van der Waals surface area contributed by atoms with Gasteiger partial charge >= 0.3 is 0 Å². The Labute approximate surface area is 140 Å². The van der Waals surface area contributed by atoms with Crippen molar-refractivity contribution in [1.29, 1.82) is 0 Å². The third kappa shape index (κ3) is 2.80. The molecule has 1 amide bonds. The van der Waals surface area contributed by atoms with Crippen molar-refractivity contribution in [2.75, 3.05) is 6.54 Å². The molecule has 1 aliphatic carbocycles. The number of carbonyl (C=O) groups is 1. The number of hydrogen-bond acceptors (Lipinski definition) is 4. The number of hydrogen-bond donors (Lipinski definition) is 1. The predicted octanol–water partition coefficient (Wildman–Crippen LogP) is 3.42. The van der Waals surface area contributed by atoms with Crippen LogP contribution in [0.2, 0.25) is 0 Å². The van der Waals surface area contributed by atoms with Gasteiger partial charge in [0.05, 0.1) is 10.9 Å². The van der Waals surface area contributed by atoms with Crippen molar-refractivity contribution >= 4 is 17.2 Å². The number of nitrogens with zero attached hydrogens (tertiary/aromatic N) is 3. The predicted molar refractivity (Wildman–Crippen MR) is 89.7 cm³/mol. The number of nitrogens with one attached hydrogen (secondary N) is 1. The fourth-order valence-electron chi connectivity index (χ4n) is 3.70. The van der Waals surface area contributed by atoms with Gasteiger partial charge in [-0.2, -0.15) is 5.10 Å². The maximum Gasteiger partial charge on any atom is 0.264 e. The molecule has 4 rings (SSSR count). The Bertz CT molecular complexity index is 697. The van der Waals surface area contributed by atoms with Crippen molar-refractivity contribution in [2.24, 2.45) is 0 Å². The van der Waals surface area contributed by atoms with E-state index in [0.29, 0.717) is 0 Å². The fraction of sp³-hybridized carbons (Fsp3) is 0.588. The van der Waals surface area contributed by atoms with Crippen LogP contribution in [0.25, 0.3) is 0 Å². The minimum Gasteiger partial charge on any atom is -0.328 e. The summed E-state index contributed by atoms with van der Waals surface area (Å²) in [5.74, 6) is 1.72. The van der Waals surface area contributed by atoms with Crippen LogP contribution in [0.3, 0.4) is 0 Å². The van der Waals surface area contributed by atoms with E-state index in [1.54, 1.807) is 11.3 Å². The molecular formula is C17H22N4OS. The smallest absolute Gasteiger partial charge is 0.264 e. The molecule has 1 fully saturated rings. The second kappa shape index (κ2) is 6.07. The number of H-pyrrole nitrogens is 1. The molecule has 2 aromatic rings. The maximum atomic E-state index is 13.0. The van der Waals surface area contributed by atoms with E-state index >= 15 is 0 Å². The minimum atomic E-state index is 0.0226. The Morgan fingerprint density at radius 1 is 1.30 bits per heavy atom. The third-order valence-corrected chi connectivity index (χ3v) is 6.11. The van der Waals surface area contributed by atoms with E-state index in [9.17, 15) is 4.79 Å². The molecule has 1 saturated heterocycles. The van der Waals surface area contributed by atoms with E-state index in [4.69, 9.17) is 0 Å². The summed E-state index contributed by atoms with van der Waals surface area (Å²) in [6.45, 7) is 2.70. The van der Waals surface area contributed by atoms with Crippen molar-refractivity contribution in [1.82, 2.24) is 20.1 Å². The zero-order valence-corrected chi connectivity index (χ0v) is 14.3. The van der Waals surface area contributed by atoms with Crippen LogP contribution in [0.5, 0.6) is 0 Å². The molecule has 23 heavy (non-hydrogen) atoms. The number of aromatic amines is 1. The Morgan fingerprint density at radius 3 is 3.00 bits per heavy atom. The lowest BCUT2D eigenvalue weighted by Gasteiger charge is -2.21. The zero-order chi connectivity index (χ0) is 15.8. The molecule has 1 unspecified atom stereocenters. The van der Waals surface area contributed by atoms with Gasteiger partial charge in [0, 0.05) is 11.4 Å². The van der Waals surface area contributed by atoms with Gasteiger partial charge in [-0.05, 0) is 57.1 Å². The average molecular weight is 330 g/mol. The average Bonchev–Trinajstić information content (AvgIpc) is 3.24. The second-order valence-electron chi connectivity index (χ2n) is 6.56. The topological polar surface area (TPSA) is 61.9 Å². The first-order valence-corrected chi connectivity index (χ1v) is 9.35. The first-order chi connectivity index (χ1) is 11.2. The summed E-state index contributed by atoms with van der Waals surface area (Å²) in [6, 6.07) is 2.17. The van der Waals surface area contributed by atoms with Gasteiger partial charge < -0.3 is 4.90 Å². The summed E-state index contributed by atoms with van der Waals surface area (Å²) >= 11 is 1.71. The Balaban J connectivity index is 1.58. The molecule has 0 radical (unpaired) electrons. The van der Waals surface area contributed by atoms with Gasteiger partial charge in [0.2, 0.25) is 0 Å². The minimum absolute atomic E-state index is 0.0226. The van der Waals surface area contributed by atoms with Crippen LogP contribution < -0.4 is 0 Å².